The minimum absolute atomic E-state index is 0.0906. The van der Waals surface area contributed by atoms with Gasteiger partial charge in [-0.05, 0) is 23.9 Å². The maximum absolute atomic E-state index is 14.3. The van der Waals surface area contributed by atoms with Gasteiger partial charge in [0.2, 0.25) is 0 Å². The standard InChI is InChI=1S/C13H5Cl3F5N3OS/c14-6-1-5(12(18,19)20)2-7(17)10(6)24-9(4-25)11(8(3-22)23-24)26-13(15,16)21/h1-2,25H,4H2. The summed E-state index contributed by atoms with van der Waals surface area (Å²) in [6.07, 6.45) is -4.85. The number of aliphatic hydroxyl groups excluding tert-OH is 1. The molecule has 0 aliphatic heterocycles. The summed E-state index contributed by atoms with van der Waals surface area (Å²) in [4.78, 5) is -0.321. The van der Waals surface area contributed by atoms with Gasteiger partial charge < -0.3 is 5.11 Å². The van der Waals surface area contributed by atoms with Gasteiger partial charge in [-0.3, -0.25) is 0 Å². The van der Waals surface area contributed by atoms with Crippen LogP contribution < -0.4 is 0 Å². The first-order valence-electron chi connectivity index (χ1n) is 6.34. The van der Waals surface area contributed by atoms with Crippen molar-refractivity contribution in [2.24, 2.45) is 0 Å². The molecule has 0 saturated heterocycles. The normalized spacial score (nSPS) is 12.3. The molecule has 13 heteroatoms. The molecule has 4 nitrogen and oxygen atoms in total. The molecule has 1 N–H and O–H groups in total. The Labute approximate surface area is 162 Å². The zero-order chi connectivity index (χ0) is 19.9. The van der Waals surface area contributed by atoms with Crippen LogP contribution >= 0.6 is 46.6 Å². The van der Waals surface area contributed by atoms with Crippen molar-refractivity contribution in [3.63, 3.8) is 0 Å². The first kappa shape index (κ1) is 21.1. The second kappa shape index (κ2) is 7.40. The monoisotopic (exact) mass is 451 g/mol. The lowest BCUT2D eigenvalue weighted by atomic mass is 10.2. The molecule has 0 bridgehead atoms. The van der Waals surface area contributed by atoms with E-state index in [4.69, 9.17) is 40.1 Å². The summed E-state index contributed by atoms with van der Waals surface area (Å²) >= 11 is 16.3. The zero-order valence-electron chi connectivity index (χ0n) is 12.1. The molecule has 0 spiro atoms. The van der Waals surface area contributed by atoms with Crippen LogP contribution in [0.5, 0.6) is 0 Å². The number of thioether (sulfide) groups is 1. The van der Waals surface area contributed by atoms with Gasteiger partial charge in [0.25, 0.3) is 0 Å². The van der Waals surface area contributed by atoms with Gasteiger partial charge in [0.05, 0.1) is 27.8 Å². The quantitative estimate of drug-likeness (QED) is 0.394. The van der Waals surface area contributed by atoms with Gasteiger partial charge >= 0.3 is 10.1 Å². The summed E-state index contributed by atoms with van der Waals surface area (Å²) in [5.41, 5.74) is -2.84. The van der Waals surface area contributed by atoms with E-state index in [2.05, 4.69) is 5.10 Å². The molecule has 0 aliphatic rings. The fraction of sp³-hybridized carbons (Fsp3) is 0.231. The summed E-state index contributed by atoms with van der Waals surface area (Å²) in [6.45, 7) is -0.891. The van der Waals surface area contributed by atoms with Crippen LogP contribution in [0.2, 0.25) is 5.02 Å². The number of hydrogen-bond acceptors (Lipinski definition) is 4. The van der Waals surface area contributed by atoms with Crippen LogP contribution in [0.15, 0.2) is 17.0 Å². The Balaban J connectivity index is 2.72. The third kappa shape index (κ3) is 4.35. The molecule has 0 unspecified atom stereocenters. The number of halogens is 8. The molecule has 0 atom stereocenters. The van der Waals surface area contributed by atoms with E-state index in [9.17, 15) is 27.1 Å². The summed E-state index contributed by atoms with van der Waals surface area (Å²) in [5, 5.41) is 21.5. The molecule has 0 radical (unpaired) electrons. The Morgan fingerprint density at radius 1 is 1.27 bits per heavy atom. The minimum atomic E-state index is -4.85. The lowest BCUT2D eigenvalue weighted by Crippen LogP contribution is -2.10. The molecule has 0 aliphatic carbocycles. The van der Waals surface area contributed by atoms with Crippen molar-refractivity contribution in [1.29, 1.82) is 5.26 Å². The Hall–Kier alpha value is -1.25. The highest BCUT2D eigenvalue weighted by atomic mass is 35.5. The minimum Gasteiger partial charge on any atom is -0.390 e. The molecule has 2 aromatic rings. The van der Waals surface area contributed by atoms with Crippen LogP contribution in [0.3, 0.4) is 0 Å². The van der Waals surface area contributed by atoms with Crippen LogP contribution in [-0.4, -0.2) is 18.8 Å². The predicted molar refractivity (Wildman–Crippen MR) is 85.6 cm³/mol. The van der Waals surface area contributed by atoms with E-state index in [1.807, 2.05) is 0 Å². The van der Waals surface area contributed by atoms with Crippen molar-refractivity contribution in [2.45, 2.75) is 21.6 Å². The highest BCUT2D eigenvalue weighted by Gasteiger charge is 2.34. The lowest BCUT2D eigenvalue weighted by molar-refractivity contribution is -0.137. The predicted octanol–water partition coefficient (Wildman–Crippen LogP) is 5.20. The first-order chi connectivity index (χ1) is 11.9. The number of benzene rings is 1. The van der Waals surface area contributed by atoms with Gasteiger partial charge in [-0.1, -0.05) is 34.8 Å². The Morgan fingerprint density at radius 2 is 1.88 bits per heavy atom. The van der Waals surface area contributed by atoms with Crippen LogP contribution in [-0.2, 0) is 12.8 Å². The fourth-order valence-electron chi connectivity index (χ4n) is 1.99. The summed E-state index contributed by atoms with van der Waals surface area (Å²) in [5.74, 6) is -1.42. The van der Waals surface area contributed by atoms with Crippen molar-refractivity contribution in [3.8, 4) is 11.8 Å². The SMILES string of the molecule is N#Cc1nn(-c2c(F)cc(C(F)(F)F)cc2Cl)c(CO)c1SC(F)(Cl)Cl. The molecule has 1 heterocycles. The summed E-state index contributed by atoms with van der Waals surface area (Å²) in [6, 6.07) is 2.18. The Morgan fingerprint density at radius 3 is 2.31 bits per heavy atom. The number of aromatic nitrogens is 2. The Kier molecular flexibility index (Phi) is 5.99. The maximum Gasteiger partial charge on any atom is 0.416 e. The van der Waals surface area contributed by atoms with E-state index in [0.29, 0.717) is 10.7 Å². The molecule has 2 rings (SSSR count). The molecule has 1 aromatic carbocycles. The molecular weight excluding hydrogens is 448 g/mol. The second-order valence-corrected chi connectivity index (χ2v) is 7.91. The van der Waals surface area contributed by atoms with Crippen LogP contribution in [0.1, 0.15) is 17.0 Å². The van der Waals surface area contributed by atoms with Crippen molar-refractivity contribution in [1.82, 2.24) is 9.78 Å². The van der Waals surface area contributed by atoms with Crippen LogP contribution in [0.4, 0.5) is 22.0 Å². The van der Waals surface area contributed by atoms with E-state index < -0.39 is 44.5 Å². The molecule has 1 aromatic heterocycles. The Bertz CT molecular complexity index is 866. The molecule has 26 heavy (non-hydrogen) atoms. The number of rotatable bonds is 4. The van der Waals surface area contributed by atoms with Crippen LogP contribution in [0, 0.1) is 17.1 Å². The van der Waals surface area contributed by atoms with E-state index in [-0.39, 0.29) is 28.4 Å². The maximum atomic E-state index is 14.3. The van der Waals surface area contributed by atoms with Gasteiger partial charge in [-0.2, -0.15) is 27.9 Å². The first-order valence-corrected chi connectivity index (χ1v) is 8.29. The molecule has 0 amide bonds. The summed E-state index contributed by atoms with van der Waals surface area (Å²) in [7, 11) is 0. The third-order valence-electron chi connectivity index (χ3n) is 2.96. The van der Waals surface area contributed by atoms with E-state index in [1.54, 1.807) is 6.07 Å². The van der Waals surface area contributed by atoms with Gasteiger partial charge in [-0.15, -0.1) is 0 Å². The fourth-order valence-corrected chi connectivity index (χ4v) is 3.42. The number of alkyl halides is 6. The summed E-state index contributed by atoms with van der Waals surface area (Å²) < 4.78 is 63.7. The average molecular weight is 453 g/mol. The smallest absolute Gasteiger partial charge is 0.390 e. The lowest BCUT2D eigenvalue weighted by Gasteiger charge is -2.14. The number of hydrogen-bond donors (Lipinski definition) is 1. The molecule has 0 fully saturated rings. The second-order valence-electron chi connectivity index (χ2n) is 4.64. The van der Waals surface area contributed by atoms with Crippen molar-refractivity contribution < 1.29 is 27.1 Å². The van der Waals surface area contributed by atoms with Crippen LogP contribution in [0.25, 0.3) is 5.69 Å². The van der Waals surface area contributed by atoms with Crippen molar-refractivity contribution in [2.75, 3.05) is 0 Å². The van der Waals surface area contributed by atoms with Gasteiger partial charge in [0.15, 0.2) is 11.5 Å². The largest absolute Gasteiger partial charge is 0.416 e. The highest BCUT2D eigenvalue weighted by Crippen LogP contribution is 2.45. The van der Waals surface area contributed by atoms with Crippen molar-refractivity contribution >= 4 is 46.6 Å². The van der Waals surface area contributed by atoms with E-state index in [1.165, 1.54) is 0 Å². The molecule has 140 valence electrons. The number of nitriles is 1. The number of nitrogens with zero attached hydrogens (tertiary/aromatic N) is 3. The third-order valence-corrected chi connectivity index (χ3v) is 4.58. The zero-order valence-corrected chi connectivity index (χ0v) is 15.2. The van der Waals surface area contributed by atoms with E-state index in [0.717, 1.165) is 0 Å². The topological polar surface area (TPSA) is 61.8 Å². The van der Waals surface area contributed by atoms with Crippen molar-refractivity contribution in [3.05, 3.63) is 39.9 Å². The van der Waals surface area contributed by atoms with Gasteiger partial charge in [0, 0.05) is 0 Å². The van der Waals surface area contributed by atoms with E-state index >= 15 is 0 Å². The molecule has 0 saturated carbocycles. The average Bonchev–Trinajstić information content (AvgIpc) is 2.81. The number of aliphatic hydroxyl groups is 1. The highest BCUT2D eigenvalue weighted by molar-refractivity contribution is 8.03. The molecular formula is C13H5Cl3F5N3OS. The van der Waals surface area contributed by atoms with Gasteiger partial charge in [-0.25, -0.2) is 9.07 Å². The van der Waals surface area contributed by atoms with Gasteiger partial charge in [0.1, 0.15) is 11.8 Å².